The molecule has 2 heterocycles. The number of anilines is 1. The standard InChI is InChI=1S/C21H24N4O4.BrH.H2O/c1-26-6-8-28-19-10-14-18(11-20(19)29-9-7-27-2)23-13-25-12-15-16(22)4-3-5-17(15)24-21(14)25;;/h3-5,10-11,13H,6-9,12,22H2,1-2H3;1H;1H2. The van der Waals surface area contributed by atoms with Crippen LogP contribution in [0.25, 0.3) is 0 Å². The number of rotatable bonds is 8. The topological polar surface area (TPSA) is 122 Å². The first-order valence-electron chi connectivity index (χ1n) is 9.40. The van der Waals surface area contributed by atoms with Crippen LogP contribution in [0.2, 0.25) is 0 Å². The summed E-state index contributed by atoms with van der Waals surface area (Å²) in [5.74, 6) is 2.05. The Morgan fingerprint density at radius 3 is 2.32 bits per heavy atom. The van der Waals surface area contributed by atoms with Gasteiger partial charge in [0.2, 0.25) is 0 Å². The van der Waals surface area contributed by atoms with E-state index in [1.165, 1.54) is 0 Å². The van der Waals surface area contributed by atoms with Crippen LogP contribution in [0.15, 0.2) is 40.3 Å². The largest absolute Gasteiger partial charge is 0.487 e. The fourth-order valence-electron chi connectivity index (χ4n) is 3.27. The number of aliphatic imine (C=N–C) groups is 2. The van der Waals surface area contributed by atoms with Crippen molar-refractivity contribution in [3.05, 3.63) is 41.5 Å². The average molecular weight is 495 g/mol. The molecule has 0 amide bonds. The first-order valence-corrected chi connectivity index (χ1v) is 9.40. The molecule has 168 valence electrons. The summed E-state index contributed by atoms with van der Waals surface area (Å²) < 4.78 is 21.9. The molecule has 4 rings (SSSR count). The van der Waals surface area contributed by atoms with E-state index < -0.39 is 0 Å². The maximum Gasteiger partial charge on any atom is 0.163 e. The molecule has 0 saturated heterocycles. The highest BCUT2D eigenvalue weighted by atomic mass is 79.9. The average Bonchev–Trinajstić information content (AvgIpc) is 2.73. The van der Waals surface area contributed by atoms with Crippen LogP contribution in [0.4, 0.5) is 17.1 Å². The Kier molecular flexibility index (Phi) is 8.81. The normalized spacial score (nSPS) is 13.1. The lowest BCUT2D eigenvalue weighted by Gasteiger charge is -2.31. The summed E-state index contributed by atoms with van der Waals surface area (Å²) in [5, 5.41) is 0. The van der Waals surface area contributed by atoms with Crippen LogP contribution < -0.4 is 15.2 Å². The van der Waals surface area contributed by atoms with Gasteiger partial charge >= 0.3 is 0 Å². The number of hydrogen-bond donors (Lipinski definition) is 1. The highest BCUT2D eigenvalue weighted by Gasteiger charge is 2.27. The third-order valence-electron chi connectivity index (χ3n) is 4.74. The van der Waals surface area contributed by atoms with Gasteiger partial charge in [0.1, 0.15) is 19.0 Å². The molecule has 0 atom stereocenters. The lowest BCUT2D eigenvalue weighted by atomic mass is 10.0. The van der Waals surface area contributed by atoms with Gasteiger partial charge in [0.05, 0.1) is 37.5 Å². The smallest absolute Gasteiger partial charge is 0.163 e. The fraction of sp³-hybridized carbons (Fsp3) is 0.333. The van der Waals surface area contributed by atoms with E-state index in [1.807, 2.05) is 35.2 Å². The maximum atomic E-state index is 6.13. The van der Waals surface area contributed by atoms with Crippen molar-refractivity contribution in [1.82, 2.24) is 4.90 Å². The molecule has 0 radical (unpaired) electrons. The van der Waals surface area contributed by atoms with E-state index in [9.17, 15) is 0 Å². The summed E-state index contributed by atoms with van der Waals surface area (Å²) in [6.07, 6.45) is 1.78. The number of ether oxygens (including phenoxy) is 4. The predicted molar refractivity (Wildman–Crippen MR) is 126 cm³/mol. The zero-order valence-electron chi connectivity index (χ0n) is 17.5. The summed E-state index contributed by atoms with van der Waals surface area (Å²) in [7, 11) is 3.27. The summed E-state index contributed by atoms with van der Waals surface area (Å²) in [6.45, 7) is 2.41. The molecule has 0 spiro atoms. The first-order chi connectivity index (χ1) is 14.2. The third-order valence-corrected chi connectivity index (χ3v) is 4.74. The molecule has 0 saturated carbocycles. The van der Waals surface area contributed by atoms with E-state index in [4.69, 9.17) is 29.7 Å². The number of nitrogens with zero attached hydrogens (tertiary/aromatic N) is 3. The van der Waals surface area contributed by atoms with Crippen LogP contribution in [0.5, 0.6) is 11.5 Å². The van der Waals surface area contributed by atoms with Crippen molar-refractivity contribution in [2.24, 2.45) is 9.98 Å². The van der Waals surface area contributed by atoms with Gasteiger partial charge < -0.3 is 35.1 Å². The van der Waals surface area contributed by atoms with Gasteiger partial charge in [-0.3, -0.25) is 0 Å². The van der Waals surface area contributed by atoms with Crippen molar-refractivity contribution in [1.29, 1.82) is 0 Å². The van der Waals surface area contributed by atoms with Crippen molar-refractivity contribution in [2.75, 3.05) is 46.4 Å². The van der Waals surface area contributed by atoms with Crippen LogP contribution in [-0.2, 0) is 16.0 Å². The van der Waals surface area contributed by atoms with Crippen molar-refractivity contribution in [3.63, 3.8) is 0 Å². The maximum absolute atomic E-state index is 6.13. The summed E-state index contributed by atoms with van der Waals surface area (Å²) >= 11 is 0. The Labute approximate surface area is 191 Å². The van der Waals surface area contributed by atoms with E-state index in [-0.39, 0.29) is 22.5 Å². The highest BCUT2D eigenvalue weighted by molar-refractivity contribution is 8.93. The molecule has 2 aromatic rings. The SMILES string of the molecule is Br.COCCOc1cc2c(cc1OCCOC)C1=Nc3cccc(N)c3CN1C=N2.O. The number of amidine groups is 1. The number of benzene rings is 2. The predicted octanol–water partition coefficient (Wildman–Crippen LogP) is 2.64. The van der Waals surface area contributed by atoms with E-state index in [0.717, 1.165) is 34.0 Å². The Morgan fingerprint density at radius 2 is 1.65 bits per heavy atom. The lowest BCUT2D eigenvalue weighted by Crippen LogP contribution is -2.34. The van der Waals surface area contributed by atoms with E-state index in [1.54, 1.807) is 20.6 Å². The van der Waals surface area contributed by atoms with Gasteiger partial charge in [0.15, 0.2) is 11.5 Å². The van der Waals surface area contributed by atoms with Gasteiger partial charge in [-0.05, 0) is 18.2 Å². The Morgan fingerprint density at radius 1 is 0.968 bits per heavy atom. The molecule has 31 heavy (non-hydrogen) atoms. The molecule has 4 N–H and O–H groups in total. The molecule has 9 nitrogen and oxygen atoms in total. The minimum absolute atomic E-state index is 0. The molecular weight excluding hydrogens is 468 g/mol. The van der Waals surface area contributed by atoms with Gasteiger partial charge in [0, 0.05) is 37.1 Å². The van der Waals surface area contributed by atoms with Crippen LogP contribution in [0, 0.1) is 0 Å². The second-order valence-electron chi connectivity index (χ2n) is 6.65. The summed E-state index contributed by atoms with van der Waals surface area (Å²) in [4.78, 5) is 11.4. The minimum Gasteiger partial charge on any atom is -0.487 e. The van der Waals surface area contributed by atoms with Crippen LogP contribution in [0.3, 0.4) is 0 Å². The highest BCUT2D eigenvalue weighted by Crippen LogP contribution is 2.40. The third kappa shape index (κ3) is 5.16. The van der Waals surface area contributed by atoms with Crippen molar-refractivity contribution in [2.45, 2.75) is 6.54 Å². The number of nitrogen functional groups attached to an aromatic ring is 1. The zero-order chi connectivity index (χ0) is 20.2. The van der Waals surface area contributed by atoms with Crippen molar-refractivity contribution in [3.8, 4) is 11.5 Å². The Balaban J connectivity index is 0.00000171. The van der Waals surface area contributed by atoms with Gasteiger partial charge in [-0.15, -0.1) is 17.0 Å². The second-order valence-corrected chi connectivity index (χ2v) is 6.65. The van der Waals surface area contributed by atoms with Crippen LogP contribution >= 0.6 is 17.0 Å². The van der Waals surface area contributed by atoms with Gasteiger partial charge in [0.25, 0.3) is 0 Å². The van der Waals surface area contributed by atoms with E-state index in [2.05, 4.69) is 4.99 Å². The lowest BCUT2D eigenvalue weighted by molar-refractivity contribution is 0.132. The molecule has 0 aliphatic carbocycles. The Bertz CT molecular complexity index is 967. The molecule has 0 aromatic heterocycles. The fourth-order valence-corrected chi connectivity index (χ4v) is 3.27. The van der Waals surface area contributed by atoms with E-state index >= 15 is 0 Å². The van der Waals surface area contributed by atoms with Crippen molar-refractivity contribution < 1.29 is 24.4 Å². The number of halogens is 1. The Hall–Kier alpha value is -2.66. The molecule has 2 aliphatic heterocycles. The molecule has 0 fully saturated rings. The van der Waals surface area contributed by atoms with Crippen molar-refractivity contribution >= 4 is 46.2 Å². The van der Waals surface area contributed by atoms with Gasteiger partial charge in [-0.25, -0.2) is 9.98 Å². The van der Waals surface area contributed by atoms with Gasteiger partial charge in [-0.2, -0.15) is 0 Å². The number of methoxy groups -OCH3 is 2. The number of hydrogen-bond acceptors (Lipinski definition) is 8. The van der Waals surface area contributed by atoms with Gasteiger partial charge in [-0.1, -0.05) is 6.07 Å². The molecule has 2 aliphatic rings. The van der Waals surface area contributed by atoms with E-state index in [0.29, 0.717) is 44.5 Å². The van der Waals surface area contributed by atoms with Crippen LogP contribution in [-0.4, -0.2) is 63.2 Å². The molecule has 0 unspecified atom stereocenters. The number of nitrogens with two attached hydrogens (primary N) is 1. The number of fused-ring (bicyclic) bond motifs is 4. The van der Waals surface area contributed by atoms with Crippen LogP contribution in [0.1, 0.15) is 11.1 Å². The minimum atomic E-state index is 0. The monoisotopic (exact) mass is 494 g/mol. The second kappa shape index (κ2) is 11.1. The summed E-state index contributed by atoms with van der Waals surface area (Å²) in [5.41, 5.74) is 10.4. The quantitative estimate of drug-likeness (QED) is 0.444. The summed E-state index contributed by atoms with van der Waals surface area (Å²) in [6, 6.07) is 9.57. The molecule has 10 heteroatoms. The molecule has 2 aromatic carbocycles. The molecule has 0 bridgehead atoms. The zero-order valence-corrected chi connectivity index (χ0v) is 19.2. The first kappa shape index (κ1) is 24.6. The molecular formula is C21H27BrN4O5.